The van der Waals surface area contributed by atoms with Crippen LogP contribution in [-0.2, 0) is 19.2 Å². The molecule has 9 N–H and O–H groups in total. The van der Waals surface area contributed by atoms with E-state index in [4.69, 9.17) is 50.7 Å². The molecule has 0 bridgehead atoms. The number of anilines is 3. The van der Waals surface area contributed by atoms with Crippen molar-refractivity contribution in [3.63, 3.8) is 0 Å². The number of benzene rings is 3. The number of nitrogen functional groups attached to an aromatic ring is 3. The number of aryl methyl sites for hydroxylation is 3. The smallest absolute Gasteiger partial charge is 0.233 e. The SMILES string of the molecule is CCCO/N=C/c1c(N)ncnc1Oc1ccc2[nH]c(C)cc2c1F.COCCCO/N=C/c1c(N)ncnc1Oc1ccc2[nH]c(C)cc2c1F.Cc1cc2c(F)c(Oc3ncnc(N)c3/C=N/OCC3CC3)ccc2[nH]1. The molecule has 10 rings (SSSR count). The average Bonchev–Trinajstić information content (AvgIpc) is 3.93. The number of nitrogens with zero attached hydrogens (tertiary/aromatic N) is 9. The minimum Gasteiger partial charge on any atom is -0.435 e. The van der Waals surface area contributed by atoms with Crippen LogP contribution in [0.1, 0.15) is 66.4 Å². The van der Waals surface area contributed by atoms with Crippen LogP contribution in [0.25, 0.3) is 32.7 Å². The molecule has 0 spiro atoms. The third-order valence-electron chi connectivity index (χ3n) is 11.4. The summed E-state index contributed by atoms with van der Waals surface area (Å²) < 4.78 is 66.0. The average molecular weight is 1070 g/mol. The monoisotopic (exact) mass is 1070 g/mol. The van der Waals surface area contributed by atoms with Crippen molar-refractivity contribution in [2.45, 2.75) is 53.4 Å². The fourth-order valence-electron chi connectivity index (χ4n) is 7.36. The first-order valence-corrected chi connectivity index (χ1v) is 24.4. The van der Waals surface area contributed by atoms with E-state index in [9.17, 15) is 13.2 Å². The zero-order valence-electron chi connectivity index (χ0n) is 43.1. The molecule has 0 saturated heterocycles. The summed E-state index contributed by atoms with van der Waals surface area (Å²) in [4.78, 5) is 48.5. The lowest BCUT2D eigenvalue weighted by molar-refractivity contribution is 0.110. The van der Waals surface area contributed by atoms with Crippen molar-refractivity contribution >= 4 is 68.8 Å². The summed E-state index contributed by atoms with van der Waals surface area (Å²) in [6.45, 7) is 9.53. The van der Waals surface area contributed by atoms with Gasteiger partial charge in [-0.3, -0.25) is 0 Å². The van der Waals surface area contributed by atoms with E-state index in [0.29, 0.717) is 88.2 Å². The van der Waals surface area contributed by atoms with Crippen LogP contribution in [0.4, 0.5) is 30.6 Å². The number of ether oxygens (including phenoxy) is 4. The van der Waals surface area contributed by atoms with Gasteiger partial charge in [-0.15, -0.1) is 0 Å². The molecule has 6 heterocycles. The van der Waals surface area contributed by atoms with Crippen LogP contribution < -0.4 is 31.4 Å². The first-order valence-electron chi connectivity index (χ1n) is 24.4. The topological polar surface area (TPSA) is 304 Å². The van der Waals surface area contributed by atoms with Gasteiger partial charge in [-0.05, 0) is 101 Å². The fraction of sp³-hybridized carbons (Fsp3) is 0.264. The van der Waals surface area contributed by atoms with Crippen molar-refractivity contribution in [3.05, 3.63) is 125 Å². The summed E-state index contributed by atoms with van der Waals surface area (Å²) in [5.74, 6) is 0.00322. The van der Waals surface area contributed by atoms with Crippen molar-refractivity contribution in [3.8, 4) is 34.9 Å². The van der Waals surface area contributed by atoms with Crippen LogP contribution in [0, 0.1) is 44.1 Å². The van der Waals surface area contributed by atoms with Gasteiger partial charge >= 0.3 is 0 Å². The van der Waals surface area contributed by atoms with E-state index < -0.39 is 17.5 Å². The van der Waals surface area contributed by atoms with E-state index in [-0.39, 0.29) is 52.3 Å². The second-order valence-corrected chi connectivity index (χ2v) is 17.6. The van der Waals surface area contributed by atoms with E-state index in [1.807, 2.05) is 27.7 Å². The molecule has 22 nitrogen and oxygen atoms in total. The Kier molecular flexibility index (Phi) is 18.1. The molecule has 1 fully saturated rings. The minimum absolute atomic E-state index is 0.0234. The van der Waals surface area contributed by atoms with Crippen molar-refractivity contribution in [1.29, 1.82) is 0 Å². The first-order chi connectivity index (χ1) is 37.8. The number of halogens is 3. The summed E-state index contributed by atoms with van der Waals surface area (Å²) in [5.41, 5.74) is 23.2. The number of nitrogens with two attached hydrogens (primary N) is 3. The van der Waals surface area contributed by atoms with Gasteiger partial charge in [0, 0.05) is 69.9 Å². The minimum atomic E-state index is -0.493. The lowest BCUT2D eigenvalue weighted by atomic mass is 10.2. The fourth-order valence-corrected chi connectivity index (χ4v) is 7.36. The second kappa shape index (κ2) is 25.8. The number of oxime groups is 3. The number of nitrogens with one attached hydrogen (secondary N) is 3. The van der Waals surface area contributed by atoms with Crippen LogP contribution >= 0.6 is 0 Å². The predicted molar refractivity (Wildman–Crippen MR) is 289 cm³/mol. The quantitative estimate of drug-likeness (QED) is 0.0235. The molecule has 0 atom stereocenters. The normalized spacial score (nSPS) is 12.3. The zero-order valence-corrected chi connectivity index (χ0v) is 43.1. The molecule has 0 radical (unpaired) electrons. The number of aromatic amines is 3. The molecule has 0 unspecified atom stereocenters. The van der Waals surface area contributed by atoms with Crippen LogP contribution in [0.15, 0.2) is 89.0 Å². The number of rotatable bonds is 20. The van der Waals surface area contributed by atoms with E-state index in [2.05, 4.69) is 60.3 Å². The van der Waals surface area contributed by atoms with Crippen LogP contribution in [0.2, 0.25) is 0 Å². The highest BCUT2D eigenvalue weighted by molar-refractivity contribution is 5.90. The Hall–Kier alpha value is -9.52. The molecule has 1 aliphatic rings. The number of fused-ring (bicyclic) bond motifs is 3. The highest BCUT2D eigenvalue weighted by Crippen LogP contribution is 2.35. The van der Waals surface area contributed by atoms with E-state index in [1.54, 1.807) is 43.5 Å². The molecule has 0 aliphatic heterocycles. The van der Waals surface area contributed by atoms with Gasteiger partial charge in [-0.2, -0.15) is 0 Å². The van der Waals surface area contributed by atoms with Crippen molar-refractivity contribution < 1.29 is 46.6 Å². The maximum absolute atomic E-state index is 14.7. The molecule has 78 heavy (non-hydrogen) atoms. The van der Waals surface area contributed by atoms with Gasteiger partial charge in [0.05, 0.1) is 18.6 Å². The maximum atomic E-state index is 14.7. The number of hydrogen-bond acceptors (Lipinski definition) is 19. The molecular weight excluding hydrogens is 1020 g/mol. The first kappa shape index (κ1) is 54.7. The summed E-state index contributed by atoms with van der Waals surface area (Å²) >= 11 is 0. The Morgan fingerprint density at radius 1 is 0.538 bits per heavy atom. The van der Waals surface area contributed by atoms with Gasteiger partial charge in [-0.1, -0.05) is 22.4 Å². The van der Waals surface area contributed by atoms with Crippen LogP contribution in [-0.4, -0.2) is 97.0 Å². The highest BCUT2D eigenvalue weighted by Gasteiger charge is 2.22. The number of hydrogen-bond donors (Lipinski definition) is 6. The molecule has 9 aromatic rings. The van der Waals surface area contributed by atoms with Crippen LogP contribution in [0.3, 0.4) is 0 Å². The molecule has 0 amide bonds. The lowest BCUT2D eigenvalue weighted by Gasteiger charge is -2.09. The highest BCUT2D eigenvalue weighted by atomic mass is 19.1. The summed E-state index contributed by atoms with van der Waals surface area (Å²) in [7, 11) is 1.61. The molecule has 1 saturated carbocycles. The molecule has 6 aromatic heterocycles. The summed E-state index contributed by atoms with van der Waals surface area (Å²) in [5, 5.41) is 12.9. The Morgan fingerprint density at radius 3 is 1.27 bits per heavy atom. The van der Waals surface area contributed by atoms with Crippen LogP contribution in [0.5, 0.6) is 34.9 Å². The largest absolute Gasteiger partial charge is 0.435 e. The Morgan fingerprint density at radius 2 is 0.910 bits per heavy atom. The van der Waals surface area contributed by atoms with Gasteiger partial charge in [-0.25, -0.2) is 43.1 Å². The van der Waals surface area contributed by atoms with Gasteiger partial charge in [0.15, 0.2) is 34.7 Å². The van der Waals surface area contributed by atoms with E-state index in [0.717, 1.165) is 23.5 Å². The van der Waals surface area contributed by atoms with Crippen molar-refractivity contribution in [1.82, 2.24) is 44.9 Å². The van der Waals surface area contributed by atoms with E-state index >= 15 is 0 Å². The number of methoxy groups -OCH3 is 1. The van der Waals surface area contributed by atoms with Gasteiger partial charge in [0.2, 0.25) is 17.6 Å². The molecule has 25 heteroatoms. The van der Waals surface area contributed by atoms with Gasteiger partial charge in [0.25, 0.3) is 0 Å². The molecule has 3 aromatic carbocycles. The van der Waals surface area contributed by atoms with Gasteiger partial charge < -0.3 is 65.6 Å². The number of aromatic nitrogens is 9. The van der Waals surface area contributed by atoms with Crippen molar-refractivity contribution in [2.24, 2.45) is 21.4 Å². The number of H-pyrrole nitrogens is 3. The second-order valence-electron chi connectivity index (χ2n) is 17.6. The Labute approximate surface area is 444 Å². The molecule has 406 valence electrons. The third-order valence-corrected chi connectivity index (χ3v) is 11.4. The summed E-state index contributed by atoms with van der Waals surface area (Å²) in [6.07, 6.45) is 11.7. The van der Waals surface area contributed by atoms with E-state index in [1.165, 1.54) is 68.7 Å². The molecular formula is C53H56F3N15O7. The predicted octanol–water partition coefficient (Wildman–Crippen LogP) is 10.2. The maximum Gasteiger partial charge on any atom is 0.233 e. The van der Waals surface area contributed by atoms with Crippen molar-refractivity contribution in [2.75, 3.05) is 50.7 Å². The standard InChI is InChI=1S/C18H20FN5O3.C18H18FN5O2.C17H18FN5O2/c1-11-8-12-14(24-11)4-5-15(16(12)19)27-18-13(17(20)21-10-22-18)9-23-26-7-3-6-25-2;1-10-6-12-14(24-10)4-5-15(16(12)19)26-18-13(17(20)21-9-22-18)7-23-25-8-11-2-3-11;1-3-6-24-22-8-12-16(19)20-9-21-17(12)25-14-5-4-13-11(15(14)18)7-10(2)23-13/h4-5,8-10,24H,3,6-7H2,1-2H3,(H2,20,21,22);4-7,9,11,24H,2-3,8H2,1H3,(H2,20,21,22);4-5,7-9,23H,3,6H2,1-2H3,(H2,19,20,21)/b23-9+;23-7+;22-8+. The molecule has 1 aliphatic carbocycles. The third kappa shape index (κ3) is 13.8. The van der Waals surface area contributed by atoms with Gasteiger partial charge in [0.1, 0.15) is 72.9 Å². The Bertz CT molecular complexity index is 3600. The lowest BCUT2D eigenvalue weighted by Crippen LogP contribution is -2.03. The zero-order chi connectivity index (χ0) is 55.1. The Balaban J connectivity index is 0.000000154. The summed E-state index contributed by atoms with van der Waals surface area (Å²) in [6, 6.07) is 15.0.